The number of carbonyl (C=O) groups is 1. The van der Waals surface area contributed by atoms with Crippen LogP contribution in [0.3, 0.4) is 0 Å². The molecule has 3 nitrogen and oxygen atoms in total. The Kier molecular flexibility index (Phi) is 4.14. The Morgan fingerprint density at radius 3 is 2.72 bits per heavy atom. The Morgan fingerprint density at radius 2 is 1.92 bits per heavy atom. The van der Waals surface area contributed by atoms with Crippen molar-refractivity contribution in [2.45, 2.75) is 18.8 Å². The minimum Gasteiger partial charge on any atom is -0.496 e. The average molecular weight is 331 g/mol. The zero-order valence-electron chi connectivity index (χ0n) is 14.3. The number of aryl methyl sites for hydroxylation is 1. The van der Waals surface area contributed by atoms with Crippen molar-refractivity contribution < 1.29 is 9.53 Å². The fourth-order valence-electron chi connectivity index (χ4n) is 3.84. The van der Waals surface area contributed by atoms with Crippen LogP contribution < -0.4 is 10.1 Å². The van der Waals surface area contributed by atoms with E-state index in [-0.39, 0.29) is 5.91 Å². The molecule has 0 radical (unpaired) electrons. The normalized spacial score (nSPS) is 15.8. The standard InChI is InChI=1S/C22H21NO2/c1-25-20-13-11-15-8-5-9-18-17(10-12-19(20)21(15)18)14-23-22(24)16-6-3-2-4-7-16/h2-9,11,13,17H,10,12,14H2,1H3,(H,23,24). The van der Waals surface area contributed by atoms with Crippen LogP contribution in [0.25, 0.3) is 10.8 Å². The van der Waals surface area contributed by atoms with Gasteiger partial charge in [0, 0.05) is 23.6 Å². The molecule has 0 heterocycles. The topological polar surface area (TPSA) is 38.3 Å². The van der Waals surface area contributed by atoms with Gasteiger partial charge >= 0.3 is 0 Å². The van der Waals surface area contributed by atoms with E-state index >= 15 is 0 Å². The molecule has 0 saturated carbocycles. The maximum Gasteiger partial charge on any atom is 0.251 e. The second-order valence-corrected chi connectivity index (χ2v) is 6.50. The molecule has 1 aliphatic carbocycles. The quantitative estimate of drug-likeness (QED) is 0.774. The number of benzene rings is 3. The summed E-state index contributed by atoms with van der Waals surface area (Å²) in [4.78, 5) is 12.3. The van der Waals surface area contributed by atoms with Crippen LogP contribution in [0.2, 0.25) is 0 Å². The molecule has 4 rings (SSSR count). The van der Waals surface area contributed by atoms with Gasteiger partial charge in [0.2, 0.25) is 0 Å². The average Bonchev–Trinajstić information content (AvgIpc) is 2.68. The van der Waals surface area contributed by atoms with Gasteiger partial charge in [-0.15, -0.1) is 0 Å². The SMILES string of the molecule is COc1ccc2cccc3c2c1CCC3CNC(=O)c1ccccc1. The van der Waals surface area contributed by atoms with Gasteiger partial charge < -0.3 is 10.1 Å². The maximum atomic E-state index is 12.3. The first-order valence-corrected chi connectivity index (χ1v) is 8.69. The van der Waals surface area contributed by atoms with E-state index in [0.29, 0.717) is 18.0 Å². The zero-order valence-corrected chi connectivity index (χ0v) is 14.3. The summed E-state index contributed by atoms with van der Waals surface area (Å²) in [6.45, 7) is 0.656. The highest BCUT2D eigenvalue weighted by molar-refractivity contribution is 5.94. The Bertz CT molecular complexity index is 918. The van der Waals surface area contributed by atoms with Crippen LogP contribution in [0.5, 0.6) is 5.75 Å². The fourth-order valence-corrected chi connectivity index (χ4v) is 3.84. The largest absolute Gasteiger partial charge is 0.496 e. The molecular weight excluding hydrogens is 310 g/mol. The Hall–Kier alpha value is -2.81. The molecule has 3 aromatic carbocycles. The number of nitrogens with one attached hydrogen (secondary N) is 1. The third kappa shape index (κ3) is 2.86. The van der Waals surface area contributed by atoms with Crippen molar-refractivity contribution in [1.29, 1.82) is 0 Å². The summed E-state index contributed by atoms with van der Waals surface area (Å²) in [7, 11) is 1.73. The summed E-state index contributed by atoms with van der Waals surface area (Å²) in [5.41, 5.74) is 3.31. The van der Waals surface area contributed by atoms with Crippen LogP contribution >= 0.6 is 0 Å². The number of amides is 1. The lowest BCUT2D eigenvalue weighted by molar-refractivity contribution is 0.0950. The van der Waals surface area contributed by atoms with Gasteiger partial charge in [-0.3, -0.25) is 4.79 Å². The van der Waals surface area contributed by atoms with Gasteiger partial charge in [0.05, 0.1) is 7.11 Å². The van der Waals surface area contributed by atoms with Gasteiger partial charge in [0.15, 0.2) is 0 Å². The number of carbonyl (C=O) groups excluding carboxylic acids is 1. The lowest BCUT2D eigenvalue weighted by Gasteiger charge is -2.27. The maximum absolute atomic E-state index is 12.3. The van der Waals surface area contributed by atoms with E-state index in [2.05, 4.69) is 35.6 Å². The van der Waals surface area contributed by atoms with E-state index in [0.717, 1.165) is 18.6 Å². The summed E-state index contributed by atoms with van der Waals surface area (Å²) in [5.74, 6) is 1.28. The lowest BCUT2D eigenvalue weighted by atomic mass is 9.81. The minimum atomic E-state index is -0.00999. The van der Waals surface area contributed by atoms with Crippen LogP contribution in [0.4, 0.5) is 0 Å². The Labute approximate surface area is 147 Å². The first-order chi connectivity index (χ1) is 12.3. The predicted octanol–water partition coefficient (Wildman–Crippen LogP) is 4.31. The smallest absolute Gasteiger partial charge is 0.251 e. The van der Waals surface area contributed by atoms with Gasteiger partial charge in [-0.25, -0.2) is 0 Å². The molecular formula is C22H21NO2. The summed E-state index contributed by atoms with van der Waals surface area (Å²) in [5, 5.41) is 5.64. The molecule has 1 unspecified atom stereocenters. The predicted molar refractivity (Wildman–Crippen MR) is 100 cm³/mol. The van der Waals surface area contributed by atoms with Crippen LogP contribution in [0.1, 0.15) is 33.8 Å². The molecule has 0 aromatic heterocycles. The fraction of sp³-hybridized carbons (Fsp3) is 0.227. The van der Waals surface area contributed by atoms with Crippen molar-refractivity contribution >= 4 is 16.7 Å². The van der Waals surface area contributed by atoms with E-state index in [1.807, 2.05) is 30.3 Å². The van der Waals surface area contributed by atoms with Crippen molar-refractivity contribution in [3.8, 4) is 5.75 Å². The summed E-state index contributed by atoms with van der Waals surface area (Å²) in [6, 6.07) is 20.0. The van der Waals surface area contributed by atoms with Crippen LogP contribution in [-0.4, -0.2) is 19.6 Å². The van der Waals surface area contributed by atoms with Crippen LogP contribution in [0.15, 0.2) is 60.7 Å². The van der Waals surface area contributed by atoms with Gasteiger partial charge in [-0.1, -0.05) is 42.5 Å². The highest BCUT2D eigenvalue weighted by Gasteiger charge is 2.24. The molecule has 25 heavy (non-hydrogen) atoms. The van der Waals surface area contributed by atoms with Crippen molar-refractivity contribution in [3.05, 3.63) is 77.4 Å². The molecule has 1 aliphatic rings. The lowest BCUT2D eigenvalue weighted by Crippen LogP contribution is -2.29. The monoisotopic (exact) mass is 331 g/mol. The molecule has 1 atom stereocenters. The highest BCUT2D eigenvalue weighted by atomic mass is 16.5. The first-order valence-electron chi connectivity index (χ1n) is 8.69. The van der Waals surface area contributed by atoms with E-state index in [1.165, 1.54) is 21.9 Å². The second kappa shape index (κ2) is 6.60. The molecule has 3 aromatic rings. The van der Waals surface area contributed by atoms with Crippen molar-refractivity contribution in [2.75, 3.05) is 13.7 Å². The number of methoxy groups -OCH3 is 1. The minimum absolute atomic E-state index is 0.00999. The number of ether oxygens (including phenoxy) is 1. The van der Waals surface area contributed by atoms with Gasteiger partial charge in [0.25, 0.3) is 5.91 Å². The molecule has 0 aliphatic heterocycles. The van der Waals surface area contributed by atoms with E-state index in [9.17, 15) is 4.79 Å². The Morgan fingerprint density at radius 1 is 1.08 bits per heavy atom. The highest BCUT2D eigenvalue weighted by Crippen LogP contribution is 2.40. The van der Waals surface area contributed by atoms with E-state index in [1.54, 1.807) is 7.11 Å². The molecule has 1 N–H and O–H groups in total. The van der Waals surface area contributed by atoms with Crippen LogP contribution in [-0.2, 0) is 6.42 Å². The third-order valence-electron chi connectivity index (χ3n) is 5.09. The molecule has 0 saturated heterocycles. The van der Waals surface area contributed by atoms with Gasteiger partial charge in [0.1, 0.15) is 5.75 Å². The second-order valence-electron chi connectivity index (χ2n) is 6.50. The molecule has 1 amide bonds. The van der Waals surface area contributed by atoms with Crippen molar-refractivity contribution in [2.24, 2.45) is 0 Å². The first kappa shape index (κ1) is 15.7. The van der Waals surface area contributed by atoms with Crippen LogP contribution in [0, 0.1) is 0 Å². The zero-order chi connectivity index (χ0) is 17.2. The summed E-state index contributed by atoms with van der Waals surface area (Å²) < 4.78 is 5.55. The number of hydrogen-bond donors (Lipinski definition) is 1. The number of rotatable bonds is 4. The molecule has 0 fully saturated rings. The molecule has 3 heteroatoms. The summed E-state index contributed by atoms with van der Waals surface area (Å²) in [6.07, 6.45) is 1.99. The molecule has 126 valence electrons. The summed E-state index contributed by atoms with van der Waals surface area (Å²) >= 11 is 0. The van der Waals surface area contributed by atoms with Gasteiger partial charge in [-0.05, 0) is 47.4 Å². The Balaban J connectivity index is 1.61. The molecule has 0 spiro atoms. The third-order valence-corrected chi connectivity index (χ3v) is 5.09. The van der Waals surface area contributed by atoms with Gasteiger partial charge in [-0.2, -0.15) is 0 Å². The molecule has 0 bridgehead atoms. The van der Waals surface area contributed by atoms with Crippen molar-refractivity contribution in [1.82, 2.24) is 5.32 Å². The number of hydrogen-bond acceptors (Lipinski definition) is 2. The van der Waals surface area contributed by atoms with Crippen molar-refractivity contribution in [3.63, 3.8) is 0 Å². The van der Waals surface area contributed by atoms with E-state index in [4.69, 9.17) is 4.74 Å². The van der Waals surface area contributed by atoms with E-state index < -0.39 is 0 Å².